The summed E-state index contributed by atoms with van der Waals surface area (Å²) in [6.45, 7) is 0. The van der Waals surface area contributed by atoms with Crippen molar-refractivity contribution < 1.29 is 8.78 Å². The Morgan fingerprint density at radius 3 is 2.50 bits per heavy atom. The van der Waals surface area contributed by atoms with Gasteiger partial charge in [0.2, 0.25) is 0 Å². The fourth-order valence-corrected chi connectivity index (χ4v) is 1.66. The van der Waals surface area contributed by atoms with Gasteiger partial charge in [-0.2, -0.15) is 0 Å². The van der Waals surface area contributed by atoms with Gasteiger partial charge in [-0.1, -0.05) is 0 Å². The number of aromatic nitrogens is 2. The van der Waals surface area contributed by atoms with Crippen LogP contribution in [0.2, 0.25) is 0 Å². The van der Waals surface area contributed by atoms with Gasteiger partial charge in [-0.25, -0.2) is 18.7 Å². The molecule has 2 rings (SSSR count). The first-order valence-electron chi connectivity index (χ1n) is 5.01. The summed E-state index contributed by atoms with van der Waals surface area (Å²) in [5.74, 6) is -0.349. The molecule has 0 atom stereocenters. The van der Waals surface area contributed by atoms with Crippen molar-refractivity contribution in [1.29, 1.82) is 0 Å². The topological polar surface area (TPSA) is 49.8 Å². The Kier molecular flexibility index (Phi) is 3.71. The number of nitrogens with one attached hydrogen (secondary N) is 2. The summed E-state index contributed by atoms with van der Waals surface area (Å²) in [6, 6.07) is 3.72. The van der Waals surface area contributed by atoms with Gasteiger partial charge in [0.15, 0.2) is 0 Å². The lowest BCUT2D eigenvalue weighted by molar-refractivity contribution is 0.581. The lowest BCUT2D eigenvalue weighted by atomic mass is 10.3. The molecule has 0 radical (unpaired) electrons. The average molecular weight is 315 g/mol. The van der Waals surface area contributed by atoms with Crippen molar-refractivity contribution in [2.75, 3.05) is 17.7 Å². The van der Waals surface area contributed by atoms with E-state index in [4.69, 9.17) is 0 Å². The molecule has 0 saturated carbocycles. The number of hydrogen-bond donors (Lipinski definition) is 2. The van der Waals surface area contributed by atoms with Crippen molar-refractivity contribution >= 4 is 33.3 Å². The van der Waals surface area contributed by atoms with Crippen LogP contribution >= 0.6 is 15.9 Å². The van der Waals surface area contributed by atoms with Crippen LogP contribution in [0.15, 0.2) is 29.0 Å². The fraction of sp³-hybridized carbons (Fsp3) is 0.0909. The van der Waals surface area contributed by atoms with E-state index in [0.717, 1.165) is 6.07 Å². The molecule has 18 heavy (non-hydrogen) atoms. The molecule has 0 aliphatic heterocycles. The lowest BCUT2D eigenvalue weighted by Crippen LogP contribution is -2.00. The Balaban J connectivity index is 2.30. The molecule has 0 aliphatic rings. The molecular weight excluding hydrogens is 306 g/mol. The van der Waals surface area contributed by atoms with Crippen LogP contribution in [-0.2, 0) is 0 Å². The summed E-state index contributed by atoms with van der Waals surface area (Å²) >= 11 is 2.99. The van der Waals surface area contributed by atoms with E-state index in [2.05, 4.69) is 36.5 Å². The summed E-state index contributed by atoms with van der Waals surface area (Å²) in [4.78, 5) is 7.87. The third-order valence-electron chi connectivity index (χ3n) is 2.20. The lowest BCUT2D eigenvalue weighted by Gasteiger charge is -2.08. The van der Waals surface area contributed by atoms with Gasteiger partial charge < -0.3 is 10.6 Å². The van der Waals surface area contributed by atoms with Crippen LogP contribution in [0.3, 0.4) is 0 Å². The Morgan fingerprint density at radius 2 is 1.78 bits per heavy atom. The van der Waals surface area contributed by atoms with Crippen LogP contribution in [-0.4, -0.2) is 17.0 Å². The summed E-state index contributed by atoms with van der Waals surface area (Å²) in [6.07, 6.45) is 1.34. The zero-order valence-corrected chi connectivity index (χ0v) is 10.9. The van der Waals surface area contributed by atoms with Gasteiger partial charge in [0.1, 0.15) is 29.6 Å². The SMILES string of the molecule is CNc1cc(Nc2cc(Br)c(F)cc2F)ncn1. The minimum atomic E-state index is -0.694. The molecule has 2 N–H and O–H groups in total. The van der Waals surface area contributed by atoms with Crippen molar-refractivity contribution in [3.63, 3.8) is 0 Å². The molecule has 94 valence electrons. The van der Waals surface area contributed by atoms with Crippen molar-refractivity contribution in [1.82, 2.24) is 9.97 Å². The maximum atomic E-state index is 13.5. The molecule has 2 aromatic rings. The quantitative estimate of drug-likeness (QED) is 0.853. The first-order chi connectivity index (χ1) is 8.60. The van der Waals surface area contributed by atoms with E-state index in [9.17, 15) is 8.78 Å². The Labute approximate surface area is 111 Å². The van der Waals surface area contributed by atoms with Gasteiger partial charge in [0.05, 0.1) is 10.2 Å². The molecule has 4 nitrogen and oxygen atoms in total. The van der Waals surface area contributed by atoms with Crippen molar-refractivity contribution in [2.24, 2.45) is 0 Å². The fourth-order valence-electron chi connectivity index (χ4n) is 1.32. The Hall–Kier alpha value is -1.76. The highest BCUT2D eigenvalue weighted by atomic mass is 79.9. The minimum absolute atomic E-state index is 0.129. The van der Waals surface area contributed by atoms with E-state index in [-0.39, 0.29) is 10.2 Å². The number of rotatable bonds is 3. The smallest absolute Gasteiger partial charge is 0.149 e. The molecule has 1 aromatic heterocycles. The van der Waals surface area contributed by atoms with Crippen LogP contribution in [0.25, 0.3) is 0 Å². The van der Waals surface area contributed by atoms with E-state index in [1.165, 1.54) is 12.4 Å². The van der Waals surface area contributed by atoms with E-state index in [1.54, 1.807) is 13.1 Å². The highest BCUT2D eigenvalue weighted by molar-refractivity contribution is 9.10. The molecule has 0 unspecified atom stereocenters. The monoisotopic (exact) mass is 314 g/mol. The molecule has 0 amide bonds. The standard InChI is InChI=1S/C11H9BrF2N4/c1-15-10-4-11(17-5-16-10)18-9-2-6(12)7(13)3-8(9)14/h2-5H,1H3,(H2,15,16,17,18). The minimum Gasteiger partial charge on any atom is -0.373 e. The number of benzene rings is 1. The highest BCUT2D eigenvalue weighted by Gasteiger charge is 2.09. The molecule has 0 bridgehead atoms. The first kappa shape index (κ1) is 12.7. The van der Waals surface area contributed by atoms with Crippen molar-refractivity contribution in [3.05, 3.63) is 40.6 Å². The molecule has 0 saturated heterocycles. The van der Waals surface area contributed by atoms with Crippen LogP contribution in [0.1, 0.15) is 0 Å². The molecule has 0 fully saturated rings. The van der Waals surface area contributed by atoms with Gasteiger partial charge in [-0.3, -0.25) is 0 Å². The Bertz CT molecular complexity index is 577. The maximum absolute atomic E-state index is 13.5. The van der Waals surface area contributed by atoms with Crippen LogP contribution in [0.4, 0.5) is 26.1 Å². The van der Waals surface area contributed by atoms with Gasteiger partial charge in [-0.05, 0) is 22.0 Å². The molecule has 1 heterocycles. The van der Waals surface area contributed by atoms with E-state index < -0.39 is 11.6 Å². The number of nitrogens with zero attached hydrogens (tertiary/aromatic N) is 2. The highest BCUT2D eigenvalue weighted by Crippen LogP contribution is 2.26. The average Bonchev–Trinajstić information content (AvgIpc) is 2.36. The molecule has 1 aromatic carbocycles. The summed E-state index contributed by atoms with van der Waals surface area (Å²) < 4.78 is 26.8. The van der Waals surface area contributed by atoms with Gasteiger partial charge in [0, 0.05) is 19.2 Å². The molecule has 7 heteroatoms. The molecule has 0 spiro atoms. The second-order valence-corrected chi connectivity index (χ2v) is 4.26. The third-order valence-corrected chi connectivity index (χ3v) is 2.80. The molecular formula is C11H9BrF2N4. The van der Waals surface area contributed by atoms with Gasteiger partial charge in [-0.15, -0.1) is 0 Å². The van der Waals surface area contributed by atoms with E-state index in [1.807, 2.05) is 0 Å². The second kappa shape index (κ2) is 5.26. The second-order valence-electron chi connectivity index (χ2n) is 3.41. The normalized spacial score (nSPS) is 10.2. The molecule has 0 aliphatic carbocycles. The largest absolute Gasteiger partial charge is 0.373 e. The third kappa shape index (κ3) is 2.73. The Morgan fingerprint density at radius 1 is 1.06 bits per heavy atom. The number of anilines is 3. The zero-order chi connectivity index (χ0) is 13.1. The number of halogens is 3. The predicted octanol–water partition coefficient (Wildman–Crippen LogP) is 3.30. The predicted molar refractivity (Wildman–Crippen MR) is 68.9 cm³/mol. The van der Waals surface area contributed by atoms with Gasteiger partial charge >= 0.3 is 0 Å². The summed E-state index contributed by atoms with van der Waals surface area (Å²) in [5, 5.41) is 5.59. The maximum Gasteiger partial charge on any atom is 0.149 e. The summed E-state index contributed by atoms with van der Waals surface area (Å²) in [5.41, 5.74) is 0.129. The summed E-state index contributed by atoms with van der Waals surface area (Å²) in [7, 11) is 1.71. The van der Waals surface area contributed by atoms with E-state index in [0.29, 0.717) is 11.6 Å². The number of hydrogen-bond acceptors (Lipinski definition) is 4. The van der Waals surface area contributed by atoms with Crippen LogP contribution in [0, 0.1) is 11.6 Å². The van der Waals surface area contributed by atoms with Gasteiger partial charge in [0.25, 0.3) is 0 Å². The zero-order valence-electron chi connectivity index (χ0n) is 9.34. The van der Waals surface area contributed by atoms with Crippen molar-refractivity contribution in [2.45, 2.75) is 0 Å². The van der Waals surface area contributed by atoms with E-state index >= 15 is 0 Å². The van der Waals surface area contributed by atoms with Crippen LogP contribution < -0.4 is 10.6 Å². The van der Waals surface area contributed by atoms with Crippen molar-refractivity contribution in [3.8, 4) is 0 Å². The first-order valence-corrected chi connectivity index (χ1v) is 5.81. The van der Waals surface area contributed by atoms with Crippen LogP contribution in [0.5, 0.6) is 0 Å².